The smallest absolute Gasteiger partial charge is 0.305 e. The average molecular weight is 403 g/mol. The Morgan fingerprint density at radius 1 is 1.24 bits per heavy atom. The third-order valence-corrected chi connectivity index (χ3v) is 5.47. The third kappa shape index (κ3) is 6.62. The summed E-state index contributed by atoms with van der Waals surface area (Å²) in [7, 11) is 0. The van der Waals surface area contributed by atoms with Crippen molar-refractivity contribution in [3.8, 4) is 0 Å². The predicted octanol–water partition coefficient (Wildman–Crippen LogP) is 5.39. The Labute approximate surface area is 174 Å². The summed E-state index contributed by atoms with van der Waals surface area (Å²) in [6.07, 6.45) is 8.92. The van der Waals surface area contributed by atoms with Crippen LogP contribution >= 0.6 is 0 Å². The first-order chi connectivity index (χ1) is 13.7. The van der Waals surface area contributed by atoms with E-state index in [9.17, 15) is 9.59 Å². The highest BCUT2D eigenvalue weighted by atomic mass is 16.7. The minimum atomic E-state index is -0.700. The molecule has 160 valence electrons. The van der Waals surface area contributed by atoms with Crippen LogP contribution in [0.2, 0.25) is 0 Å². The Bertz CT molecular complexity index is 724. The summed E-state index contributed by atoms with van der Waals surface area (Å²) in [5.41, 5.74) is 4.43. The van der Waals surface area contributed by atoms with Gasteiger partial charge in [-0.25, -0.2) is 0 Å². The van der Waals surface area contributed by atoms with Gasteiger partial charge in [-0.05, 0) is 46.5 Å². The highest BCUT2D eigenvalue weighted by Gasteiger charge is 2.42. The van der Waals surface area contributed by atoms with Gasteiger partial charge >= 0.3 is 11.9 Å². The van der Waals surface area contributed by atoms with Crippen LogP contribution < -0.4 is 0 Å². The molecule has 0 aromatic heterocycles. The maximum Gasteiger partial charge on any atom is 0.305 e. The summed E-state index contributed by atoms with van der Waals surface area (Å²) in [6.45, 7) is 13.3. The van der Waals surface area contributed by atoms with Gasteiger partial charge in [0.05, 0.1) is 12.2 Å². The molecule has 1 heterocycles. The molecule has 1 aliphatic carbocycles. The maximum atomic E-state index is 11.8. The number of ether oxygens (including phenoxy) is 3. The van der Waals surface area contributed by atoms with E-state index in [1.165, 1.54) is 19.4 Å². The fourth-order valence-corrected chi connectivity index (χ4v) is 4.07. The molecule has 5 heteroatoms. The Hall–Kier alpha value is -2.30. The normalized spacial score (nSPS) is 27.3. The monoisotopic (exact) mass is 402 g/mol. The third-order valence-electron chi connectivity index (χ3n) is 5.47. The van der Waals surface area contributed by atoms with E-state index in [1.54, 1.807) is 6.26 Å². The van der Waals surface area contributed by atoms with Crippen molar-refractivity contribution in [2.75, 3.05) is 0 Å². The lowest BCUT2D eigenvalue weighted by molar-refractivity contribution is -0.181. The van der Waals surface area contributed by atoms with Crippen molar-refractivity contribution in [2.45, 2.75) is 79.1 Å². The summed E-state index contributed by atoms with van der Waals surface area (Å²) in [6, 6.07) is 0. The fourth-order valence-electron chi connectivity index (χ4n) is 4.07. The Morgan fingerprint density at radius 2 is 1.97 bits per heavy atom. The second-order valence-corrected chi connectivity index (χ2v) is 8.27. The first-order valence-corrected chi connectivity index (χ1v) is 10.4. The molecule has 0 fully saturated rings. The van der Waals surface area contributed by atoms with Gasteiger partial charge in [0.2, 0.25) is 6.29 Å². The lowest BCUT2D eigenvalue weighted by atomic mass is 9.74. The second-order valence-electron chi connectivity index (χ2n) is 8.27. The number of allylic oxidation sites excluding steroid dienone is 3. The van der Waals surface area contributed by atoms with Gasteiger partial charge in [-0.2, -0.15) is 0 Å². The molecular weight excluding hydrogens is 368 g/mol. The Kier molecular flexibility index (Phi) is 8.30. The van der Waals surface area contributed by atoms with Gasteiger partial charge < -0.3 is 14.2 Å². The number of hydrogen-bond acceptors (Lipinski definition) is 5. The van der Waals surface area contributed by atoms with Crippen molar-refractivity contribution in [3.05, 3.63) is 47.3 Å². The maximum absolute atomic E-state index is 11.8. The Morgan fingerprint density at radius 3 is 2.59 bits per heavy atom. The number of rotatable bonds is 5. The average Bonchev–Trinajstić information content (AvgIpc) is 2.68. The van der Waals surface area contributed by atoms with Crippen LogP contribution in [0.15, 0.2) is 47.3 Å². The van der Waals surface area contributed by atoms with Crippen LogP contribution in [0.4, 0.5) is 0 Å². The van der Waals surface area contributed by atoms with Crippen molar-refractivity contribution in [1.29, 1.82) is 0 Å². The molecule has 0 spiro atoms. The quantitative estimate of drug-likeness (QED) is 0.456. The van der Waals surface area contributed by atoms with E-state index in [0.717, 1.165) is 42.4 Å². The minimum absolute atomic E-state index is 0.0250. The minimum Gasteiger partial charge on any atom is -0.462 e. The van der Waals surface area contributed by atoms with E-state index < -0.39 is 12.4 Å². The molecule has 0 N–H and O–H groups in total. The highest BCUT2D eigenvalue weighted by molar-refractivity contribution is 5.67. The van der Waals surface area contributed by atoms with Crippen molar-refractivity contribution < 1.29 is 23.8 Å². The number of esters is 2. The zero-order valence-corrected chi connectivity index (χ0v) is 18.3. The molecule has 2 aliphatic rings. The van der Waals surface area contributed by atoms with Crippen molar-refractivity contribution in [2.24, 2.45) is 11.8 Å². The second kappa shape index (κ2) is 10.5. The molecule has 2 rings (SSSR count). The van der Waals surface area contributed by atoms with E-state index in [1.807, 2.05) is 13.8 Å². The van der Waals surface area contributed by atoms with E-state index in [-0.39, 0.29) is 23.8 Å². The standard InChI is InChI=1S/C24H34O5/c1-15(2)10-13-22(28-18(5)25)21-14-27-24(29-19(6)26)23-17(4)9-7-8-16(3)11-12-20(21)23/h8,10,14,20,22-24H,4,7,9,11-13H2,1-3,5-6H3/b16-8-/t20-,22?,23+,24+/m1/s1. The number of carbonyl (C=O) groups excluding carboxylic acids is 2. The molecule has 5 nitrogen and oxygen atoms in total. The Balaban J connectivity index is 2.45. The molecule has 0 amide bonds. The fraction of sp³-hybridized carbons (Fsp3) is 0.583. The molecule has 0 radical (unpaired) electrons. The van der Waals surface area contributed by atoms with Gasteiger partial charge in [0.15, 0.2) is 0 Å². The molecule has 0 aromatic rings. The van der Waals surface area contributed by atoms with E-state index in [0.29, 0.717) is 6.42 Å². The lowest BCUT2D eigenvalue weighted by Gasteiger charge is -2.40. The van der Waals surface area contributed by atoms with Crippen LogP contribution in [-0.2, 0) is 23.8 Å². The topological polar surface area (TPSA) is 61.8 Å². The van der Waals surface area contributed by atoms with E-state index >= 15 is 0 Å². The van der Waals surface area contributed by atoms with Crippen LogP contribution in [0.1, 0.15) is 66.7 Å². The summed E-state index contributed by atoms with van der Waals surface area (Å²) in [4.78, 5) is 23.5. The molecule has 1 unspecified atom stereocenters. The molecule has 4 atom stereocenters. The van der Waals surface area contributed by atoms with Crippen LogP contribution in [0.3, 0.4) is 0 Å². The molecule has 0 saturated heterocycles. The number of fused-ring (bicyclic) bond motifs is 1. The van der Waals surface area contributed by atoms with E-state index in [4.69, 9.17) is 14.2 Å². The number of hydrogen-bond donors (Lipinski definition) is 0. The van der Waals surface area contributed by atoms with Crippen LogP contribution in [0.5, 0.6) is 0 Å². The van der Waals surface area contributed by atoms with Crippen LogP contribution in [0, 0.1) is 11.8 Å². The first-order valence-electron chi connectivity index (χ1n) is 10.4. The highest BCUT2D eigenvalue weighted by Crippen LogP contribution is 2.43. The molecule has 0 saturated carbocycles. The summed E-state index contributed by atoms with van der Waals surface area (Å²) >= 11 is 0. The summed E-state index contributed by atoms with van der Waals surface area (Å²) < 4.78 is 17.1. The predicted molar refractivity (Wildman–Crippen MR) is 113 cm³/mol. The van der Waals surface area contributed by atoms with Gasteiger partial charge in [-0.3, -0.25) is 9.59 Å². The van der Waals surface area contributed by atoms with Crippen molar-refractivity contribution >= 4 is 11.9 Å². The zero-order chi connectivity index (χ0) is 21.6. The largest absolute Gasteiger partial charge is 0.462 e. The van der Waals surface area contributed by atoms with Gasteiger partial charge in [0.25, 0.3) is 0 Å². The van der Waals surface area contributed by atoms with Crippen LogP contribution in [-0.4, -0.2) is 24.3 Å². The summed E-state index contributed by atoms with van der Waals surface area (Å²) in [5.74, 6) is -0.844. The molecule has 0 aromatic carbocycles. The van der Waals surface area contributed by atoms with E-state index in [2.05, 4.69) is 25.7 Å². The number of carbonyl (C=O) groups is 2. The van der Waals surface area contributed by atoms with Crippen molar-refractivity contribution in [3.63, 3.8) is 0 Å². The molecular formula is C24H34O5. The lowest BCUT2D eigenvalue weighted by Crippen LogP contribution is -2.41. The van der Waals surface area contributed by atoms with Crippen LogP contribution in [0.25, 0.3) is 0 Å². The SMILES string of the molecule is C=C1CC/C=C(/C)CC[C@@H]2C(C(CC=C(C)C)OC(C)=O)=CO[C@@H](OC(C)=O)[C@@H]12. The zero-order valence-electron chi connectivity index (χ0n) is 18.3. The summed E-state index contributed by atoms with van der Waals surface area (Å²) in [5, 5.41) is 0. The molecule has 1 aliphatic heterocycles. The molecule has 29 heavy (non-hydrogen) atoms. The van der Waals surface area contributed by atoms with Crippen molar-refractivity contribution in [1.82, 2.24) is 0 Å². The van der Waals surface area contributed by atoms with Gasteiger partial charge in [-0.15, -0.1) is 0 Å². The molecule has 0 bridgehead atoms. The van der Waals surface area contributed by atoms with Gasteiger partial charge in [-0.1, -0.05) is 35.5 Å². The first kappa shape index (κ1) is 23.0. The van der Waals surface area contributed by atoms with Gasteiger partial charge in [0, 0.05) is 31.8 Å². The van der Waals surface area contributed by atoms with Gasteiger partial charge in [0.1, 0.15) is 6.10 Å².